The lowest BCUT2D eigenvalue weighted by Gasteiger charge is -2.09. The van der Waals surface area contributed by atoms with E-state index < -0.39 is 11.5 Å². The van der Waals surface area contributed by atoms with Crippen LogP contribution >= 0.6 is 0 Å². The Morgan fingerprint density at radius 2 is 1.88 bits per heavy atom. The lowest BCUT2D eigenvalue weighted by Crippen LogP contribution is -2.18. The van der Waals surface area contributed by atoms with Gasteiger partial charge in [0.15, 0.2) is 11.4 Å². The van der Waals surface area contributed by atoms with E-state index in [1.54, 1.807) is 48.5 Å². The predicted octanol–water partition coefficient (Wildman–Crippen LogP) is 3.54. The van der Waals surface area contributed by atoms with E-state index >= 15 is 0 Å². The summed E-state index contributed by atoms with van der Waals surface area (Å²) in [6.07, 6.45) is 0.888. The second kappa shape index (κ2) is 7.09. The van der Waals surface area contributed by atoms with Gasteiger partial charge >= 0.3 is 5.63 Å². The van der Waals surface area contributed by atoms with Crippen molar-refractivity contribution in [1.82, 2.24) is 0 Å². The van der Waals surface area contributed by atoms with Crippen LogP contribution in [0.25, 0.3) is 11.0 Å². The summed E-state index contributed by atoms with van der Waals surface area (Å²) < 4.78 is 10.6. The molecule has 6 heteroatoms. The molecule has 0 spiro atoms. The molecule has 0 bridgehead atoms. The van der Waals surface area contributed by atoms with Crippen LogP contribution in [0, 0.1) is 0 Å². The van der Waals surface area contributed by atoms with Crippen molar-refractivity contribution in [2.24, 2.45) is 0 Å². The summed E-state index contributed by atoms with van der Waals surface area (Å²) >= 11 is 0. The molecule has 6 nitrogen and oxygen atoms in total. The molecule has 0 atom stereocenters. The van der Waals surface area contributed by atoms with Gasteiger partial charge in [0, 0.05) is 5.56 Å². The van der Waals surface area contributed by atoms with Gasteiger partial charge in [0.1, 0.15) is 11.3 Å². The lowest BCUT2D eigenvalue weighted by molar-refractivity contribution is 0.102. The predicted molar refractivity (Wildman–Crippen MR) is 94.3 cm³/mol. The summed E-state index contributed by atoms with van der Waals surface area (Å²) in [5, 5.41) is 13.0. The van der Waals surface area contributed by atoms with Gasteiger partial charge < -0.3 is 19.6 Å². The number of hydrogen-bond donors (Lipinski definition) is 2. The van der Waals surface area contributed by atoms with Crippen LogP contribution in [0.2, 0.25) is 0 Å². The first-order chi connectivity index (χ1) is 12.1. The van der Waals surface area contributed by atoms with Gasteiger partial charge in [-0.15, -0.1) is 0 Å². The van der Waals surface area contributed by atoms with Crippen LogP contribution in [0.3, 0.4) is 0 Å². The molecule has 1 heterocycles. The van der Waals surface area contributed by atoms with Crippen molar-refractivity contribution >= 4 is 22.6 Å². The van der Waals surface area contributed by atoms with Gasteiger partial charge in [-0.25, -0.2) is 4.79 Å². The number of anilines is 1. The van der Waals surface area contributed by atoms with Crippen LogP contribution in [-0.4, -0.2) is 17.6 Å². The van der Waals surface area contributed by atoms with Crippen LogP contribution in [0.15, 0.2) is 57.7 Å². The molecular weight excluding hydrogens is 322 g/mol. The number of carbonyl (C=O) groups excluding carboxylic acids is 1. The molecule has 0 aliphatic heterocycles. The van der Waals surface area contributed by atoms with Crippen LogP contribution in [0.4, 0.5) is 5.69 Å². The number of rotatable bonds is 5. The van der Waals surface area contributed by atoms with Crippen molar-refractivity contribution in [2.45, 2.75) is 13.3 Å². The molecule has 25 heavy (non-hydrogen) atoms. The third-order valence-electron chi connectivity index (χ3n) is 3.61. The lowest BCUT2D eigenvalue weighted by atomic mass is 10.2. The zero-order chi connectivity index (χ0) is 17.8. The Morgan fingerprint density at radius 3 is 2.60 bits per heavy atom. The van der Waals surface area contributed by atoms with Crippen molar-refractivity contribution in [3.63, 3.8) is 0 Å². The van der Waals surface area contributed by atoms with E-state index in [9.17, 15) is 14.7 Å². The van der Waals surface area contributed by atoms with E-state index in [0.717, 1.165) is 6.42 Å². The standard InChI is InChI=1S/C19H17NO5/c1-2-11-24-13-9-7-12(8-10-13)18(22)20-16-17(21)14-5-3-4-6-15(14)25-19(16)23/h3-10,21H,2,11H2,1H3,(H,20,22). The number of benzene rings is 2. The molecule has 0 fully saturated rings. The Kier molecular flexibility index (Phi) is 4.70. The first-order valence-electron chi connectivity index (χ1n) is 7.89. The Morgan fingerprint density at radius 1 is 1.16 bits per heavy atom. The first-order valence-corrected chi connectivity index (χ1v) is 7.89. The fourth-order valence-corrected chi connectivity index (χ4v) is 2.35. The molecule has 0 radical (unpaired) electrons. The molecule has 3 rings (SSSR count). The summed E-state index contributed by atoms with van der Waals surface area (Å²) in [5.74, 6) is -0.186. The highest BCUT2D eigenvalue weighted by atomic mass is 16.5. The molecular formula is C19H17NO5. The minimum Gasteiger partial charge on any atom is -0.505 e. The monoisotopic (exact) mass is 339 g/mol. The number of para-hydroxylation sites is 1. The number of carbonyl (C=O) groups is 1. The van der Waals surface area contributed by atoms with Crippen molar-refractivity contribution in [3.8, 4) is 11.5 Å². The van der Waals surface area contributed by atoms with Crippen molar-refractivity contribution in [3.05, 3.63) is 64.5 Å². The molecule has 128 valence electrons. The maximum absolute atomic E-state index is 12.3. The van der Waals surface area contributed by atoms with Gasteiger partial charge in [0.05, 0.1) is 12.0 Å². The quantitative estimate of drug-likeness (QED) is 0.694. The maximum Gasteiger partial charge on any atom is 0.364 e. The fraction of sp³-hybridized carbons (Fsp3) is 0.158. The summed E-state index contributed by atoms with van der Waals surface area (Å²) in [7, 11) is 0. The van der Waals surface area contributed by atoms with E-state index in [0.29, 0.717) is 23.3 Å². The zero-order valence-corrected chi connectivity index (χ0v) is 13.6. The van der Waals surface area contributed by atoms with Gasteiger partial charge in [-0.3, -0.25) is 4.79 Å². The summed E-state index contributed by atoms with van der Waals surface area (Å²) in [5.41, 5.74) is -0.515. The largest absolute Gasteiger partial charge is 0.505 e. The van der Waals surface area contributed by atoms with Crippen molar-refractivity contribution in [1.29, 1.82) is 0 Å². The Hall–Kier alpha value is -3.28. The summed E-state index contributed by atoms with van der Waals surface area (Å²) in [6, 6.07) is 13.1. The summed E-state index contributed by atoms with van der Waals surface area (Å²) in [6.45, 7) is 2.60. The van der Waals surface area contributed by atoms with Crippen LogP contribution in [-0.2, 0) is 0 Å². The minimum absolute atomic E-state index is 0.250. The van der Waals surface area contributed by atoms with Crippen molar-refractivity contribution in [2.75, 3.05) is 11.9 Å². The van der Waals surface area contributed by atoms with Crippen LogP contribution in [0.5, 0.6) is 11.5 Å². The Labute approximate surface area is 143 Å². The van der Waals surface area contributed by atoms with Gasteiger partial charge in [0.2, 0.25) is 0 Å². The number of aromatic hydroxyl groups is 1. The van der Waals surface area contributed by atoms with Crippen LogP contribution in [0.1, 0.15) is 23.7 Å². The average Bonchev–Trinajstić information content (AvgIpc) is 2.63. The third kappa shape index (κ3) is 3.47. The van der Waals surface area contributed by atoms with E-state index in [1.165, 1.54) is 0 Å². The highest BCUT2D eigenvalue weighted by Gasteiger charge is 2.17. The Balaban J connectivity index is 1.86. The number of amides is 1. The molecule has 3 aromatic rings. The average molecular weight is 339 g/mol. The molecule has 2 N–H and O–H groups in total. The van der Waals surface area contributed by atoms with Gasteiger partial charge in [-0.1, -0.05) is 19.1 Å². The minimum atomic E-state index is -0.813. The topological polar surface area (TPSA) is 88.8 Å². The molecule has 0 saturated heterocycles. The van der Waals surface area contributed by atoms with E-state index in [4.69, 9.17) is 9.15 Å². The van der Waals surface area contributed by atoms with Crippen LogP contribution < -0.4 is 15.7 Å². The van der Waals surface area contributed by atoms with E-state index in [-0.39, 0.29) is 17.0 Å². The molecule has 0 aliphatic rings. The molecule has 0 aliphatic carbocycles. The normalized spacial score (nSPS) is 10.6. The molecule has 1 amide bonds. The van der Waals surface area contributed by atoms with Gasteiger partial charge in [0.25, 0.3) is 5.91 Å². The highest BCUT2D eigenvalue weighted by molar-refractivity contribution is 6.06. The smallest absolute Gasteiger partial charge is 0.364 e. The number of hydrogen-bond acceptors (Lipinski definition) is 5. The second-order valence-corrected chi connectivity index (χ2v) is 5.44. The molecule has 0 saturated carbocycles. The third-order valence-corrected chi connectivity index (χ3v) is 3.61. The Bertz CT molecular complexity index is 960. The van der Waals surface area contributed by atoms with Crippen molar-refractivity contribution < 1.29 is 19.1 Å². The van der Waals surface area contributed by atoms with Gasteiger partial charge in [-0.2, -0.15) is 0 Å². The number of nitrogens with one attached hydrogen (secondary N) is 1. The number of ether oxygens (including phenoxy) is 1. The van der Waals surface area contributed by atoms with E-state index in [1.807, 2.05) is 6.92 Å². The second-order valence-electron chi connectivity index (χ2n) is 5.44. The highest BCUT2D eigenvalue weighted by Crippen LogP contribution is 2.29. The zero-order valence-electron chi connectivity index (χ0n) is 13.6. The molecule has 0 unspecified atom stereocenters. The molecule has 1 aromatic heterocycles. The SMILES string of the molecule is CCCOc1ccc(C(=O)Nc2c(O)c3ccccc3oc2=O)cc1. The summed E-state index contributed by atoms with van der Waals surface area (Å²) in [4.78, 5) is 24.4. The first kappa shape index (κ1) is 16.6. The maximum atomic E-state index is 12.3. The van der Waals surface area contributed by atoms with E-state index in [2.05, 4.69) is 5.32 Å². The number of fused-ring (bicyclic) bond motifs is 1. The molecule has 2 aromatic carbocycles. The fourth-order valence-electron chi connectivity index (χ4n) is 2.35. The van der Waals surface area contributed by atoms with Gasteiger partial charge in [-0.05, 0) is 42.8 Å².